The largest absolute Gasteiger partial charge is 0.397 e. The number of rotatable bonds is 0. The van der Waals surface area contributed by atoms with Gasteiger partial charge >= 0.3 is 0 Å². The second-order valence-electron chi connectivity index (χ2n) is 2.36. The van der Waals surface area contributed by atoms with Crippen LogP contribution in [0.15, 0.2) is 17.1 Å². The van der Waals surface area contributed by atoms with Crippen molar-refractivity contribution >= 4 is 5.69 Å². The molecule has 2 N–H and O–H groups in total. The number of pyridine rings is 1. The summed E-state index contributed by atoms with van der Waals surface area (Å²) in [5.41, 5.74) is 7.00. The van der Waals surface area contributed by atoms with Crippen LogP contribution in [0.1, 0.15) is 5.56 Å². The lowest BCUT2D eigenvalue weighted by molar-refractivity contribution is 0.859. The third kappa shape index (κ3) is 1.03. The van der Waals surface area contributed by atoms with Crippen LogP contribution in [0.2, 0.25) is 0 Å². The van der Waals surface area contributed by atoms with Gasteiger partial charge in [-0.3, -0.25) is 4.79 Å². The van der Waals surface area contributed by atoms with Crippen molar-refractivity contribution in [1.29, 1.82) is 0 Å². The van der Waals surface area contributed by atoms with E-state index in [-0.39, 0.29) is 5.56 Å². The predicted molar refractivity (Wildman–Crippen MR) is 40.8 cm³/mol. The molecule has 1 aromatic rings. The highest BCUT2D eigenvalue weighted by Crippen LogP contribution is 2.03. The number of anilines is 1. The molecule has 0 aliphatic rings. The number of nitrogen functional groups attached to an aromatic ring is 1. The molecule has 0 saturated heterocycles. The van der Waals surface area contributed by atoms with Gasteiger partial charge in [0.05, 0.1) is 5.69 Å². The minimum absolute atomic E-state index is 0.0216. The summed E-state index contributed by atoms with van der Waals surface area (Å²) in [7, 11) is 1.68. The third-order valence-electron chi connectivity index (χ3n) is 1.48. The first-order chi connectivity index (χ1) is 4.61. The molecular formula is C7H10N2O. The molecule has 0 saturated carbocycles. The van der Waals surface area contributed by atoms with Crippen molar-refractivity contribution in [3.05, 3.63) is 28.2 Å². The van der Waals surface area contributed by atoms with Crippen LogP contribution in [0, 0.1) is 6.92 Å². The van der Waals surface area contributed by atoms with E-state index in [1.165, 1.54) is 10.6 Å². The number of hydrogen-bond donors (Lipinski definition) is 1. The maximum Gasteiger partial charge on any atom is 0.250 e. The molecule has 3 nitrogen and oxygen atoms in total. The molecule has 54 valence electrons. The zero-order valence-electron chi connectivity index (χ0n) is 6.09. The van der Waals surface area contributed by atoms with Crippen LogP contribution in [0.5, 0.6) is 0 Å². The van der Waals surface area contributed by atoms with Gasteiger partial charge in [0, 0.05) is 19.3 Å². The number of nitrogens with zero attached hydrogens (tertiary/aromatic N) is 1. The Morgan fingerprint density at radius 1 is 1.60 bits per heavy atom. The second-order valence-corrected chi connectivity index (χ2v) is 2.36. The van der Waals surface area contributed by atoms with E-state index in [1.807, 2.05) is 6.92 Å². The monoisotopic (exact) mass is 138 g/mol. The van der Waals surface area contributed by atoms with Gasteiger partial charge in [-0.2, -0.15) is 0 Å². The molecular weight excluding hydrogens is 128 g/mol. The van der Waals surface area contributed by atoms with Gasteiger partial charge in [-0.05, 0) is 12.5 Å². The van der Waals surface area contributed by atoms with Crippen molar-refractivity contribution in [2.45, 2.75) is 6.92 Å². The Morgan fingerprint density at radius 3 is 2.70 bits per heavy atom. The van der Waals surface area contributed by atoms with E-state index in [0.717, 1.165) is 5.56 Å². The number of hydrogen-bond acceptors (Lipinski definition) is 2. The molecule has 1 rings (SSSR count). The van der Waals surface area contributed by atoms with E-state index in [1.54, 1.807) is 13.2 Å². The van der Waals surface area contributed by atoms with Crippen LogP contribution >= 0.6 is 0 Å². The summed E-state index contributed by atoms with van der Waals surface area (Å²) >= 11 is 0. The van der Waals surface area contributed by atoms with Crippen LogP contribution in [0.4, 0.5) is 5.69 Å². The van der Waals surface area contributed by atoms with Gasteiger partial charge in [-0.25, -0.2) is 0 Å². The molecule has 1 heterocycles. The van der Waals surface area contributed by atoms with Crippen molar-refractivity contribution < 1.29 is 0 Å². The van der Waals surface area contributed by atoms with Crippen molar-refractivity contribution in [1.82, 2.24) is 4.57 Å². The lowest BCUT2D eigenvalue weighted by Crippen LogP contribution is -2.16. The predicted octanol–water partition coefficient (Wildman–Crippen LogP) is 0.276. The van der Waals surface area contributed by atoms with E-state index in [0.29, 0.717) is 5.69 Å². The fourth-order valence-electron chi connectivity index (χ4n) is 0.744. The Kier molecular flexibility index (Phi) is 1.49. The molecule has 0 radical (unpaired) electrons. The number of aryl methyl sites for hydroxylation is 2. The number of nitrogens with two attached hydrogens (primary N) is 1. The summed E-state index contributed by atoms with van der Waals surface area (Å²) in [6.45, 7) is 1.82. The highest BCUT2D eigenvalue weighted by Gasteiger charge is 1.94. The van der Waals surface area contributed by atoms with Crippen molar-refractivity contribution in [3.8, 4) is 0 Å². The van der Waals surface area contributed by atoms with E-state index in [9.17, 15) is 4.79 Å². The van der Waals surface area contributed by atoms with Crippen molar-refractivity contribution in [3.63, 3.8) is 0 Å². The molecule has 10 heavy (non-hydrogen) atoms. The van der Waals surface area contributed by atoms with Crippen LogP contribution < -0.4 is 11.3 Å². The Hall–Kier alpha value is -1.25. The van der Waals surface area contributed by atoms with Gasteiger partial charge in [0.15, 0.2) is 0 Å². The summed E-state index contributed by atoms with van der Waals surface area (Å²) in [4.78, 5) is 10.9. The average molecular weight is 138 g/mol. The first kappa shape index (κ1) is 6.86. The van der Waals surface area contributed by atoms with Gasteiger partial charge < -0.3 is 10.3 Å². The highest BCUT2D eigenvalue weighted by molar-refractivity contribution is 5.42. The lowest BCUT2D eigenvalue weighted by atomic mass is 10.2. The fraction of sp³-hybridized carbons (Fsp3) is 0.286. The van der Waals surface area contributed by atoms with Crippen LogP contribution in [-0.4, -0.2) is 4.57 Å². The highest BCUT2D eigenvalue weighted by atomic mass is 16.1. The normalized spacial score (nSPS) is 9.80. The Bertz CT molecular complexity index is 301. The first-order valence-electron chi connectivity index (χ1n) is 3.04. The van der Waals surface area contributed by atoms with E-state index in [4.69, 9.17) is 5.73 Å². The van der Waals surface area contributed by atoms with Gasteiger partial charge in [-0.1, -0.05) is 0 Å². The van der Waals surface area contributed by atoms with Gasteiger partial charge in [0.1, 0.15) is 0 Å². The topological polar surface area (TPSA) is 48.0 Å². The van der Waals surface area contributed by atoms with E-state index >= 15 is 0 Å². The third-order valence-corrected chi connectivity index (χ3v) is 1.48. The summed E-state index contributed by atoms with van der Waals surface area (Å²) < 4.78 is 1.46. The average Bonchev–Trinajstić information content (AvgIpc) is 1.84. The summed E-state index contributed by atoms with van der Waals surface area (Å²) in [6, 6.07) is 1.52. The molecule has 3 heteroatoms. The minimum atomic E-state index is -0.0216. The maximum atomic E-state index is 10.9. The molecule has 0 aliphatic heterocycles. The van der Waals surface area contributed by atoms with E-state index in [2.05, 4.69) is 0 Å². The summed E-state index contributed by atoms with van der Waals surface area (Å²) in [6.07, 6.45) is 1.62. The van der Waals surface area contributed by atoms with Crippen molar-refractivity contribution in [2.75, 3.05) is 5.73 Å². The quantitative estimate of drug-likeness (QED) is 0.559. The molecule has 0 atom stereocenters. The van der Waals surface area contributed by atoms with E-state index < -0.39 is 0 Å². The maximum absolute atomic E-state index is 10.9. The molecule has 0 amide bonds. The zero-order valence-corrected chi connectivity index (χ0v) is 6.09. The smallest absolute Gasteiger partial charge is 0.250 e. The Balaban J connectivity index is 3.43. The molecule has 0 unspecified atom stereocenters. The standard InChI is InChI=1S/C7H10N2O/c1-5-3-7(10)9(2)4-6(5)8/h3-4H,8H2,1-2H3. The molecule has 0 aromatic carbocycles. The van der Waals surface area contributed by atoms with Crippen LogP contribution in [0.25, 0.3) is 0 Å². The molecule has 0 spiro atoms. The van der Waals surface area contributed by atoms with Gasteiger partial charge in [-0.15, -0.1) is 0 Å². The molecule has 1 aromatic heterocycles. The minimum Gasteiger partial charge on any atom is -0.397 e. The van der Waals surface area contributed by atoms with Gasteiger partial charge in [0.25, 0.3) is 5.56 Å². The first-order valence-corrected chi connectivity index (χ1v) is 3.04. The Labute approximate surface area is 59.1 Å². The molecule has 0 bridgehead atoms. The second kappa shape index (κ2) is 2.17. The lowest BCUT2D eigenvalue weighted by Gasteiger charge is -2.00. The fourth-order valence-corrected chi connectivity index (χ4v) is 0.744. The Morgan fingerprint density at radius 2 is 2.20 bits per heavy atom. The van der Waals surface area contributed by atoms with Gasteiger partial charge in [0.2, 0.25) is 0 Å². The van der Waals surface area contributed by atoms with Crippen LogP contribution in [0.3, 0.4) is 0 Å². The SMILES string of the molecule is Cc1cc(=O)n(C)cc1N. The molecule has 0 aliphatic carbocycles. The summed E-state index contributed by atoms with van der Waals surface area (Å²) in [5, 5.41) is 0. The molecule has 0 fully saturated rings. The number of aromatic nitrogens is 1. The van der Waals surface area contributed by atoms with Crippen molar-refractivity contribution in [2.24, 2.45) is 7.05 Å². The zero-order chi connectivity index (χ0) is 7.72. The van der Waals surface area contributed by atoms with Crippen LogP contribution in [-0.2, 0) is 7.05 Å². The summed E-state index contributed by atoms with van der Waals surface area (Å²) in [5.74, 6) is 0.